The van der Waals surface area contributed by atoms with Gasteiger partial charge in [0, 0.05) is 10.6 Å². The number of carbonyl (C=O) groups excluding carboxylic acids is 1. The summed E-state index contributed by atoms with van der Waals surface area (Å²) in [5, 5.41) is 2.68. The summed E-state index contributed by atoms with van der Waals surface area (Å²) in [6.07, 6.45) is 13.6. The van der Waals surface area contributed by atoms with Crippen LogP contribution >= 0.6 is 23.3 Å². The zero-order valence-corrected chi connectivity index (χ0v) is 13.1. The van der Waals surface area contributed by atoms with Crippen LogP contribution in [0.5, 0.6) is 0 Å². The summed E-state index contributed by atoms with van der Waals surface area (Å²) in [6, 6.07) is 0. The molecule has 1 aromatic heterocycles. The van der Waals surface area contributed by atoms with E-state index in [9.17, 15) is 4.79 Å². The summed E-state index contributed by atoms with van der Waals surface area (Å²) in [4.78, 5) is 11.1. The molecule has 4 heteroatoms. The van der Waals surface area contributed by atoms with Gasteiger partial charge in [-0.1, -0.05) is 52.8 Å². The van der Waals surface area contributed by atoms with E-state index in [2.05, 4.69) is 0 Å². The van der Waals surface area contributed by atoms with E-state index in [1.807, 2.05) is 0 Å². The van der Waals surface area contributed by atoms with Crippen molar-refractivity contribution in [3.63, 3.8) is 0 Å². The third-order valence-corrected chi connectivity index (χ3v) is 9.34. The van der Waals surface area contributed by atoms with Crippen molar-refractivity contribution >= 4 is 29.6 Å². The van der Waals surface area contributed by atoms with E-state index in [1.54, 1.807) is 0 Å². The van der Waals surface area contributed by atoms with Gasteiger partial charge in [0.05, 0.1) is 0 Å². The summed E-state index contributed by atoms with van der Waals surface area (Å²) < 4.78 is 0. The molecule has 0 aromatic carbocycles. The van der Waals surface area contributed by atoms with E-state index in [0.717, 1.165) is 25.4 Å². The quantitative estimate of drug-likeness (QED) is 0.583. The summed E-state index contributed by atoms with van der Waals surface area (Å²) >= 11 is 0. The van der Waals surface area contributed by atoms with Crippen molar-refractivity contribution in [3.05, 3.63) is 10.6 Å². The highest BCUT2D eigenvalue weighted by Crippen LogP contribution is 2.47. The maximum Gasteiger partial charge on any atom is 0.154 e. The van der Waals surface area contributed by atoms with Gasteiger partial charge >= 0.3 is 0 Å². The zero-order chi connectivity index (χ0) is 11.9. The van der Waals surface area contributed by atoms with E-state index >= 15 is 0 Å². The second kappa shape index (κ2) is 7.68. The Morgan fingerprint density at radius 2 is 1.59 bits per heavy atom. The maximum absolute atomic E-state index is 11.1. The fourth-order valence-electron chi connectivity index (χ4n) is 2.72. The predicted molar refractivity (Wildman–Crippen MR) is 80.7 cm³/mol. The number of hydrogen-bond acceptors (Lipinski definition) is 1. The average Bonchev–Trinajstić information content (AvgIpc) is 2.84. The van der Waals surface area contributed by atoms with Gasteiger partial charge in [-0.2, -0.15) is 0 Å². The molecular weight excluding hydrogens is 265 g/mol. The van der Waals surface area contributed by atoms with Gasteiger partial charge in [0.25, 0.3) is 0 Å². The summed E-state index contributed by atoms with van der Waals surface area (Å²) in [7, 11) is 3.67. The van der Waals surface area contributed by atoms with Crippen molar-refractivity contribution in [3.8, 4) is 0 Å². The van der Waals surface area contributed by atoms with Crippen molar-refractivity contribution in [1.82, 2.24) is 0 Å². The first-order chi connectivity index (χ1) is 8.42. The Hall–Kier alpha value is 0.310. The summed E-state index contributed by atoms with van der Waals surface area (Å²) in [5.41, 5.74) is 0. The molecule has 1 aromatic rings. The molecule has 1 fully saturated rings. The Labute approximate surface area is 109 Å². The van der Waals surface area contributed by atoms with E-state index < -0.39 is 0 Å². The van der Waals surface area contributed by atoms with Crippen LogP contribution in [0.4, 0.5) is 0 Å². The summed E-state index contributed by atoms with van der Waals surface area (Å²) in [5.74, 6) is 0.734. The van der Waals surface area contributed by atoms with Crippen LogP contribution in [0.25, 0.3) is 0 Å². The molecule has 17 heavy (non-hydrogen) atoms. The third kappa shape index (κ3) is 4.17. The van der Waals surface area contributed by atoms with Crippen molar-refractivity contribution < 1.29 is 4.79 Å². The molecule has 1 saturated carbocycles. The van der Waals surface area contributed by atoms with Gasteiger partial charge < -0.3 is 0 Å². The number of hydrogen-bond donors (Lipinski definition) is 0. The number of rotatable bonds is 2. The van der Waals surface area contributed by atoms with Crippen molar-refractivity contribution in [2.24, 2.45) is 0 Å². The maximum atomic E-state index is 11.1. The van der Waals surface area contributed by atoms with Crippen LogP contribution in [0.15, 0.2) is 0 Å². The van der Waals surface area contributed by atoms with Crippen LogP contribution in [0.3, 0.4) is 0 Å². The monoisotopic (exact) mass is 286 g/mol. The van der Waals surface area contributed by atoms with Crippen molar-refractivity contribution in [2.45, 2.75) is 63.7 Å². The molecule has 0 aliphatic heterocycles. The molecule has 1 heterocycles. The Kier molecular flexibility index (Phi) is 6.21. The fourth-order valence-corrected chi connectivity index (χ4v) is 9.33. The smallest absolute Gasteiger partial charge is 0.154 e. The minimum absolute atomic E-state index is 0.734. The molecule has 1 unspecified atom stereocenters. The lowest BCUT2D eigenvalue weighted by Crippen LogP contribution is -2.00. The van der Waals surface area contributed by atoms with E-state index in [-0.39, 0.29) is 0 Å². The van der Waals surface area contributed by atoms with Gasteiger partial charge in [-0.05, 0) is 34.2 Å². The molecule has 1 atom stereocenters. The van der Waals surface area contributed by atoms with Crippen LogP contribution in [0, 0.1) is 0 Å². The van der Waals surface area contributed by atoms with Gasteiger partial charge in [-0.25, -0.2) is 0 Å². The molecule has 0 radical (unpaired) electrons. The Bertz CT molecular complexity index is 338. The highest BCUT2D eigenvalue weighted by atomic mass is 32.1. The van der Waals surface area contributed by atoms with Crippen molar-refractivity contribution in [1.29, 1.82) is 0 Å². The molecule has 1 aliphatic carbocycles. The molecule has 0 bridgehead atoms. The molecular formula is C13H21OP3. The van der Waals surface area contributed by atoms with Gasteiger partial charge in [-0.3, -0.25) is 4.79 Å². The molecule has 0 spiro atoms. The molecule has 0 amide bonds. The second-order valence-corrected chi connectivity index (χ2v) is 10.3. The number of carbonyl (C=O) groups is 1. The van der Waals surface area contributed by atoms with Gasteiger partial charge in [0.15, 0.2) is 6.29 Å². The molecule has 0 N–H and O–H groups in total. The zero-order valence-electron chi connectivity index (χ0n) is 10.3. The first-order valence-corrected chi connectivity index (χ1v) is 11.1. The van der Waals surface area contributed by atoms with E-state index in [4.69, 9.17) is 0 Å². The molecule has 1 aliphatic rings. The largest absolute Gasteiger partial charge is 0.297 e. The van der Waals surface area contributed by atoms with Gasteiger partial charge in [0.1, 0.15) is 0 Å². The van der Waals surface area contributed by atoms with Crippen LogP contribution in [0.1, 0.15) is 79.1 Å². The first kappa shape index (κ1) is 13.7. The van der Waals surface area contributed by atoms with Crippen LogP contribution in [-0.4, -0.2) is 6.29 Å². The lowest BCUT2D eigenvalue weighted by atomic mass is 9.91. The van der Waals surface area contributed by atoms with Gasteiger partial charge in [-0.15, -0.1) is 0 Å². The summed E-state index contributed by atoms with van der Waals surface area (Å²) in [6.45, 7) is 0. The Balaban J connectivity index is 2.02. The van der Waals surface area contributed by atoms with Crippen LogP contribution in [-0.2, 0) is 0 Å². The van der Waals surface area contributed by atoms with Crippen LogP contribution in [0.2, 0.25) is 0 Å². The highest BCUT2D eigenvalue weighted by Gasteiger charge is 2.16. The Morgan fingerprint density at radius 3 is 2.18 bits per heavy atom. The predicted octanol–water partition coefficient (Wildman–Crippen LogP) is 6.30. The van der Waals surface area contributed by atoms with Crippen LogP contribution < -0.4 is 0 Å². The highest BCUT2D eigenvalue weighted by molar-refractivity contribution is 8.17. The molecule has 1 nitrogen and oxygen atoms in total. The second-order valence-electron chi connectivity index (χ2n) is 4.98. The normalized spacial score (nSPS) is 21.4. The fraction of sp³-hybridized carbons (Fsp3) is 0.769. The molecule has 0 saturated heterocycles. The average molecular weight is 286 g/mol. The lowest BCUT2D eigenvalue weighted by molar-refractivity contribution is 0.112. The number of aldehydes is 1. The van der Waals surface area contributed by atoms with E-state index in [1.165, 1.54) is 78.5 Å². The Morgan fingerprint density at radius 1 is 1.00 bits per heavy atom. The lowest BCUT2D eigenvalue weighted by Gasteiger charge is -2.18. The SMILES string of the molecule is O=Cc1[pH]ppc1C1CCCCCCCCC1. The topological polar surface area (TPSA) is 17.1 Å². The van der Waals surface area contributed by atoms with E-state index in [0.29, 0.717) is 0 Å². The minimum atomic E-state index is 0.734. The first-order valence-electron chi connectivity index (χ1n) is 6.78. The third-order valence-electron chi connectivity index (χ3n) is 3.71. The minimum Gasteiger partial charge on any atom is -0.297 e. The van der Waals surface area contributed by atoms with Gasteiger partial charge in [0.2, 0.25) is 0 Å². The van der Waals surface area contributed by atoms with Crippen molar-refractivity contribution in [2.75, 3.05) is 0 Å². The molecule has 2 rings (SSSR count). The standard InChI is InChI=1S/C13H21OP3/c14-10-12-13(16-17-15-12)11-8-6-4-2-1-3-5-7-9-11/h10-11,15H,1-9H2. The molecule has 94 valence electrons.